The van der Waals surface area contributed by atoms with Gasteiger partial charge in [0.05, 0.1) is 7.11 Å². The van der Waals surface area contributed by atoms with Gasteiger partial charge in [-0.2, -0.15) is 0 Å². The molecule has 1 aliphatic rings. The van der Waals surface area contributed by atoms with E-state index in [-0.39, 0.29) is 6.04 Å². The van der Waals surface area contributed by atoms with Crippen molar-refractivity contribution in [1.82, 2.24) is 0 Å². The van der Waals surface area contributed by atoms with Crippen molar-refractivity contribution in [3.63, 3.8) is 0 Å². The fourth-order valence-corrected chi connectivity index (χ4v) is 2.52. The van der Waals surface area contributed by atoms with E-state index in [0.29, 0.717) is 24.2 Å². The Morgan fingerprint density at radius 1 is 1.44 bits per heavy atom. The second kappa shape index (κ2) is 4.42. The van der Waals surface area contributed by atoms with Gasteiger partial charge in [0.1, 0.15) is 11.4 Å². The van der Waals surface area contributed by atoms with Gasteiger partial charge in [-0.25, -0.2) is 4.39 Å². The molecule has 0 spiro atoms. The quantitative estimate of drug-likeness (QED) is 0.836. The Labute approximate surface area is 95.6 Å². The molecule has 1 aromatic rings. The first-order valence-electron chi connectivity index (χ1n) is 5.74. The highest BCUT2D eigenvalue weighted by molar-refractivity contribution is 5.38. The van der Waals surface area contributed by atoms with E-state index in [2.05, 4.69) is 0 Å². The first-order chi connectivity index (χ1) is 7.65. The zero-order chi connectivity index (χ0) is 11.6. The molecule has 0 heterocycles. The number of hydrogen-bond acceptors (Lipinski definition) is 2. The maximum Gasteiger partial charge on any atom is 0.141 e. The highest BCUT2D eigenvalue weighted by Crippen LogP contribution is 2.43. The highest BCUT2D eigenvalue weighted by atomic mass is 19.1. The van der Waals surface area contributed by atoms with Crippen molar-refractivity contribution in [3.8, 4) is 5.75 Å². The summed E-state index contributed by atoms with van der Waals surface area (Å²) in [5.74, 6) is 0.624. The van der Waals surface area contributed by atoms with Gasteiger partial charge >= 0.3 is 0 Å². The molecule has 0 radical (unpaired) electrons. The van der Waals surface area contributed by atoms with E-state index in [1.165, 1.54) is 0 Å². The van der Waals surface area contributed by atoms with Gasteiger partial charge in [0.25, 0.3) is 0 Å². The summed E-state index contributed by atoms with van der Waals surface area (Å²) in [6, 6.07) is 7.27. The van der Waals surface area contributed by atoms with Gasteiger partial charge in [0, 0.05) is 18.0 Å². The number of methoxy groups -OCH3 is 1. The van der Waals surface area contributed by atoms with Crippen LogP contribution < -0.4 is 10.5 Å². The lowest BCUT2D eigenvalue weighted by Gasteiger charge is -2.34. The van der Waals surface area contributed by atoms with Crippen LogP contribution in [-0.4, -0.2) is 13.2 Å². The zero-order valence-corrected chi connectivity index (χ0v) is 9.58. The Kier molecular flexibility index (Phi) is 3.15. The van der Waals surface area contributed by atoms with Gasteiger partial charge in [0.15, 0.2) is 0 Å². The number of ether oxygens (including phenoxy) is 1. The van der Waals surface area contributed by atoms with Crippen LogP contribution >= 0.6 is 0 Å². The first kappa shape index (κ1) is 11.4. The van der Waals surface area contributed by atoms with E-state index in [1.54, 1.807) is 19.2 Å². The summed E-state index contributed by atoms with van der Waals surface area (Å²) in [5, 5.41) is 0. The van der Waals surface area contributed by atoms with E-state index < -0.39 is 5.67 Å². The molecule has 1 fully saturated rings. The predicted octanol–water partition coefficient (Wildman–Crippen LogP) is 2.76. The second-order valence-electron chi connectivity index (χ2n) is 4.52. The maximum atomic E-state index is 14.8. The van der Waals surface area contributed by atoms with Crippen LogP contribution in [0.4, 0.5) is 4.39 Å². The molecular weight excluding hydrogens is 205 g/mol. The van der Waals surface area contributed by atoms with E-state index in [1.807, 2.05) is 12.1 Å². The Bertz CT molecular complexity index is 369. The summed E-state index contributed by atoms with van der Waals surface area (Å²) in [6.07, 6.45) is 2.70. The highest BCUT2D eigenvalue weighted by Gasteiger charge is 2.38. The number of hydrogen-bond donors (Lipinski definition) is 1. The van der Waals surface area contributed by atoms with E-state index >= 15 is 0 Å². The van der Waals surface area contributed by atoms with Crippen LogP contribution in [0.3, 0.4) is 0 Å². The molecule has 16 heavy (non-hydrogen) atoms. The van der Waals surface area contributed by atoms with Crippen molar-refractivity contribution in [3.05, 3.63) is 29.8 Å². The van der Waals surface area contributed by atoms with Gasteiger partial charge in [-0.05, 0) is 25.3 Å². The molecule has 2 unspecified atom stereocenters. The van der Waals surface area contributed by atoms with E-state index in [0.717, 1.165) is 12.8 Å². The summed E-state index contributed by atoms with van der Waals surface area (Å²) >= 11 is 0. The van der Waals surface area contributed by atoms with Crippen molar-refractivity contribution in [2.45, 2.75) is 37.4 Å². The van der Waals surface area contributed by atoms with Crippen LogP contribution in [-0.2, 0) is 5.67 Å². The molecule has 0 bridgehead atoms. The summed E-state index contributed by atoms with van der Waals surface area (Å²) in [5.41, 5.74) is 5.19. The Balaban J connectivity index is 2.34. The molecular formula is C13H18FNO. The molecule has 2 N–H and O–H groups in total. The molecule has 3 heteroatoms. The lowest BCUT2D eigenvalue weighted by molar-refractivity contribution is 0.0915. The van der Waals surface area contributed by atoms with Gasteiger partial charge in [-0.3, -0.25) is 0 Å². The molecule has 0 saturated heterocycles. The zero-order valence-electron chi connectivity index (χ0n) is 9.58. The van der Waals surface area contributed by atoms with Gasteiger partial charge in [-0.15, -0.1) is 0 Å². The standard InChI is InChI=1S/C13H18FNO/c1-16-12-7-3-2-6-11(12)13(14)8-4-5-10(15)9-13/h2-3,6-7,10H,4-5,8-9,15H2,1H3. The average Bonchev–Trinajstić information content (AvgIpc) is 2.29. The third-order valence-electron chi connectivity index (χ3n) is 3.32. The maximum absolute atomic E-state index is 14.8. The fraction of sp³-hybridized carbons (Fsp3) is 0.538. The fourth-order valence-electron chi connectivity index (χ4n) is 2.52. The number of benzene rings is 1. The summed E-state index contributed by atoms with van der Waals surface area (Å²) < 4.78 is 20.1. The molecule has 1 saturated carbocycles. The summed E-state index contributed by atoms with van der Waals surface area (Å²) in [4.78, 5) is 0. The summed E-state index contributed by atoms with van der Waals surface area (Å²) in [7, 11) is 1.57. The number of nitrogens with two attached hydrogens (primary N) is 1. The van der Waals surface area contributed by atoms with Gasteiger partial charge < -0.3 is 10.5 Å². The Morgan fingerprint density at radius 3 is 2.88 bits per heavy atom. The minimum absolute atomic E-state index is 0.0383. The van der Waals surface area contributed by atoms with Crippen molar-refractivity contribution in [1.29, 1.82) is 0 Å². The Hall–Kier alpha value is -1.09. The van der Waals surface area contributed by atoms with Crippen LogP contribution in [0.2, 0.25) is 0 Å². The molecule has 2 rings (SSSR count). The third kappa shape index (κ3) is 2.05. The molecule has 0 amide bonds. The number of halogens is 1. The second-order valence-corrected chi connectivity index (χ2v) is 4.52. The average molecular weight is 223 g/mol. The first-order valence-corrected chi connectivity index (χ1v) is 5.74. The smallest absolute Gasteiger partial charge is 0.141 e. The molecule has 0 aromatic heterocycles. The van der Waals surface area contributed by atoms with Gasteiger partial charge in [0.2, 0.25) is 0 Å². The molecule has 1 aliphatic carbocycles. The van der Waals surface area contributed by atoms with Crippen molar-refractivity contribution < 1.29 is 9.13 Å². The molecule has 88 valence electrons. The SMILES string of the molecule is COc1ccccc1C1(F)CCCC(N)C1. The number of rotatable bonds is 2. The minimum Gasteiger partial charge on any atom is -0.496 e. The van der Waals surface area contributed by atoms with Crippen molar-refractivity contribution in [2.24, 2.45) is 5.73 Å². The minimum atomic E-state index is -1.32. The largest absolute Gasteiger partial charge is 0.496 e. The molecule has 2 nitrogen and oxygen atoms in total. The summed E-state index contributed by atoms with van der Waals surface area (Å²) in [6.45, 7) is 0. The van der Waals surface area contributed by atoms with E-state index in [9.17, 15) is 4.39 Å². The topological polar surface area (TPSA) is 35.2 Å². The van der Waals surface area contributed by atoms with Crippen LogP contribution in [0.1, 0.15) is 31.2 Å². The number of para-hydroxylation sites is 1. The molecule has 0 aliphatic heterocycles. The van der Waals surface area contributed by atoms with Crippen LogP contribution in [0.5, 0.6) is 5.75 Å². The Morgan fingerprint density at radius 2 is 2.19 bits per heavy atom. The normalized spacial score (nSPS) is 30.1. The van der Waals surface area contributed by atoms with Crippen LogP contribution in [0.25, 0.3) is 0 Å². The molecule has 2 atom stereocenters. The lowest BCUT2D eigenvalue weighted by Crippen LogP contribution is -2.36. The monoisotopic (exact) mass is 223 g/mol. The van der Waals surface area contributed by atoms with Gasteiger partial charge in [-0.1, -0.05) is 18.2 Å². The van der Waals surface area contributed by atoms with Crippen LogP contribution in [0.15, 0.2) is 24.3 Å². The third-order valence-corrected chi connectivity index (χ3v) is 3.32. The van der Waals surface area contributed by atoms with E-state index in [4.69, 9.17) is 10.5 Å². The molecule has 1 aromatic carbocycles. The van der Waals surface area contributed by atoms with Crippen molar-refractivity contribution in [2.75, 3.05) is 7.11 Å². The lowest BCUT2D eigenvalue weighted by atomic mass is 9.78. The van der Waals surface area contributed by atoms with Crippen molar-refractivity contribution >= 4 is 0 Å². The van der Waals surface area contributed by atoms with Crippen LogP contribution in [0, 0.1) is 0 Å². The predicted molar refractivity (Wildman–Crippen MR) is 62.2 cm³/mol. The number of alkyl halides is 1.